The molecule has 19 heavy (non-hydrogen) atoms. The van der Waals surface area contributed by atoms with Crippen molar-refractivity contribution < 1.29 is 19.4 Å². The quantitative estimate of drug-likeness (QED) is 0.330. The van der Waals surface area contributed by atoms with Gasteiger partial charge in [-0.25, -0.2) is 4.79 Å². The number of benzene rings is 1. The Hall–Kier alpha value is -2.55. The van der Waals surface area contributed by atoms with E-state index in [1.807, 2.05) is 0 Å². The molecule has 1 radical (unpaired) electrons. The maximum Gasteiger partial charge on any atom is 0.345 e. The predicted octanol–water partition coefficient (Wildman–Crippen LogP) is 1.33. The van der Waals surface area contributed by atoms with Gasteiger partial charge in [-0.05, 0) is 12.5 Å². The molecule has 0 fully saturated rings. The molecule has 1 aromatic rings. The molecular weight excluding hydrogens is 258 g/mol. The Balaban J connectivity index is 3.03. The molecule has 0 atom stereocenters. The molecular formula is C10H10N3O6. The highest BCUT2D eigenvalue weighted by Gasteiger charge is 2.24. The number of carbonyl (C=O) groups is 1. The van der Waals surface area contributed by atoms with Gasteiger partial charge in [0, 0.05) is 12.6 Å². The second kappa shape index (κ2) is 6.40. The molecule has 0 aliphatic rings. The SMILES string of the molecule is [NH]CCCOC(=O)c1ccc([N+](=O)[O-])cc1[N+](=O)[O-]. The number of nitro groups is 2. The van der Waals surface area contributed by atoms with Gasteiger partial charge in [-0.1, -0.05) is 0 Å². The minimum absolute atomic E-state index is 0.0313. The van der Waals surface area contributed by atoms with E-state index in [0.29, 0.717) is 12.5 Å². The van der Waals surface area contributed by atoms with Crippen LogP contribution in [0.25, 0.3) is 0 Å². The zero-order chi connectivity index (χ0) is 14.4. The van der Waals surface area contributed by atoms with Crippen molar-refractivity contribution in [3.63, 3.8) is 0 Å². The standard InChI is InChI=1S/C10H10N3O6/c11-4-1-5-19-10(14)8-3-2-7(12(15)16)6-9(8)13(17)18/h2-3,6,11H,1,4-5H2. The summed E-state index contributed by atoms with van der Waals surface area (Å²) in [5, 5.41) is 21.3. The fourth-order valence-corrected chi connectivity index (χ4v) is 1.27. The lowest BCUT2D eigenvalue weighted by Gasteiger charge is -2.04. The van der Waals surface area contributed by atoms with E-state index in [9.17, 15) is 25.0 Å². The van der Waals surface area contributed by atoms with E-state index in [1.165, 1.54) is 0 Å². The van der Waals surface area contributed by atoms with E-state index in [1.54, 1.807) is 0 Å². The van der Waals surface area contributed by atoms with Gasteiger partial charge in [-0.3, -0.25) is 26.0 Å². The predicted molar refractivity (Wildman–Crippen MR) is 62.6 cm³/mol. The minimum atomic E-state index is -0.935. The number of hydrogen-bond donors (Lipinski definition) is 0. The van der Waals surface area contributed by atoms with Gasteiger partial charge in [-0.2, -0.15) is 0 Å². The van der Waals surface area contributed by atoms with Crippen molar-refractivity contribution in [2.75, 3.05) is 13.2 Å². The molecule has 0 amide bonds. The smallest absolute Gasteiger partial charge is 0.345 e. The highest BCUT2D eigenvalue weighted by Crippen LogP contribution is 2.25. The van der Waals surface area contributed by atoms with Crippen LogP contribution in [0, 0.1) is 20.2 Å². The number of esters is 1. The van der Waals surface area contributed by atoms with Crippen LogP contribution in [0.15, 0.2) is 18.2 Å². The Morgan fingerprint density at radius 2 is 1.95 bits per heavy atom. The zero-order valence-corrected chi connectivity index (χ0v) is 9.70. The van der Waals surface area contributed by atoms with Gasteiger partial charge in [0.1, 0.15) is 5.56 Å². The summed E-state index contributed by atoms with van der Waals surface area (Å²) in [5.41, 5.74) is 5.36. The van der Waals surface area contributed by atoms with E-state index < -0.39 is 27.2 Å². The third-order valence-electron chi connectivity index (χ3n) is 2.16. The van der Waals surface area contributed by atoms with Crippen LogP contribution in [0.4, 0.5) is 11.4 Å². The topological polar surface area (TPSA) is 136 Å². The Bertz CT molecular complexity index is 516. The van der Waals surface area contributed by atoms with Crippen molar-refractivity contribution in [1.82, 2.24) is 5.73 Å². The molecule has 0 spiro atoms. The number of nitro benzene ring substituents is 2. The molecule has 0 aliphatic carbocycles. The zero-order valence-electron chi connectivity index (χ0n) is 9.70. The molecule has 0 heterocycles. The Morgan fingerprint density at radius 1 is 1.26 bits per heavy atom. The summed E-state index contributed by atoms with van der Waals surface area (Å²) in [5.74, 6) is -0.935. The first-order valence-corrected chi connectivity index (χ1v) is 5.22. The summed E-state index contributed by atoms with van der Waals surface area (Å²) >= 11 is 0. The molecule has 0 saturated heterocycles. The van der Waals surface area contributed by atoms with E-state index >= 15 is 0 Å². The molecule has 1 rings (SSSR count). The minimum Gasteiger partial charge on any atom is -0.462 e. The second-order valence-electron chi connectivity index (χ2n) is 3.46. The van der Waals surface area contributed by atoms with Gasteiger partial charge in [-0.15, -0.1) is 0 Å². The third-order valence-corrected chi connectivity index (χ3v) is 2.16. The summed E-state index contributed by atoms with van der Waals surface area (Å²) in [6, 6.07) is 2.69. The van der Waals surface area contributed by atoms with Crippen LogP contribution in [-0.2, 0) is 4.74 Å². The monoisotopic (exact) mass is 268 g/mol. The lowest BCUT2D eigenvalue weighted by Crippen LogP contribution is -2.10. The van der Waals surface area contributed by atoms with E-state index in [-0.39, 0.29) is 18.7 Å². The number of nitrogens with one attached hydrogen (secondary N) is 1. The van der Waals surface area contributed by atoms with Crippen molar-refractivity contribution in [3.05, 3.63) is 44.0 Å². The molecule has 1 N–H and O–H groups in total. The first-order chi connectivity index (χ1) is 8.97. The number of ether oxygens (including phenoxy) is 1. The summed E-state index contributed by atoms with van der Waals surface area (Å²) < 4.78 is 4.73. The largest absolute Gasteiger partial charge is 0.462 e. The molecule has 9 nitrogen and oxygen atoms in total. The Morgan fingerprint density at radius 3 is 2.47 bits per heavy atom. The molecule has 101 valence electrons. The van der Waals surface area contributed by atoms with Crippen LogP contribution in [0.2, 0.25) is 0 Å². The molecule has 0 saturated carbocycles. The van der Waals surface area contributed by atoms with Crippen molar-refractivity contribution in [1.29, 1.82) is 0 Å². The average molecular weight is 268 g/mol. The number of carbonyl (C=O) groups excluding carboxylic acids is 1. The van der Waals surface area contributed by atoms with Gasteiger partial charge in [0.2, 0.25) is 0 Å². The van der Waals surface area contributed by atoms with E-state index in [2.05, 4.69) is 0 Å². The highest BCUT2D eigenvalue weighted by molar-refractivity contribution is 5.94. The fourth-order valence-electron chi connectivity index (χ4n) is 1.27. The van der Waals surface area contributed by atoms with Crippen molar-refractivity contribution in [2.24, 2.45) is 0 Å². The van der Waals surface area contributed by atoms with E-state index in [0.717, 1.165) is 12.1 Å². The number of non-ortho nitro benzene ring substituents is 1. The summed E-state index contributed by atoms with van der Waals surface area (Å²) in [4.78, 5) is 31.2. The summed E-state index contributed by atoms with van der Waals surface area (Å²) in [6.45, 7) is 0.0338. The molecule has 0 bridgehead atoms. The molecule has 0 aromatic heterocycles. The maximum atomic E-state index is 11.6. The molecule has 1 aromatic carbocycles. The van der Waals surface area contributed by atoms with Gasteiger partial charge in [0.05, 0.1) is 22.5 Å². The van der Waals surface area contributed by atoms with Gasteiger partial charge < -0.3 is 4.74 Å². The third kappa shape index (κ3) is 3.71. The number of rotatable bonds is 6. The van der Waals surface area contributed by atoms with Crippen LogP contribution in [0.5, 0.6) is 0 Å². The van der Waals surface area contributed by atoms with Gasteiger partial charge >= 0.3 is 5.97 Å². The molecule has 9 heteroatoms. The van der Waals surface area contributed by atoms with Crippen molar-refractivity contribution in [2.45, 2.75) is 6.42 Å². The fraction of sp³-hybridized carbons (Fsp3) is 0.300. The maximum absolute atomic E-state index is 11.6. The highest BCUT2D eigenvalue weighted by atomic mass is 16.6. The van der Waals surface area contributed by atoms with Crippen LogP contribution in [0.3, 0.4) is 0 Å². The van der Waals surface area contributed by atoms with E-state index in [4.69, 9.17) is 10.5 Å². The molecule has 0 unspecified atom stereocenters. The average Bonchev–Trinajstić information content (AvgIpc) is 2.38. The summed E-state index contributed by atoms with van der Waals surface area (Å²) in [6.07, 6.45) is 0.312. The first-order valence-electron chi connectivity index (χ1n) is 5.22. The van der Waals surface area contributed by atoms with Crippen LogP contribution >= 0.6 is 0 Å². The van der Waals surface area contributed by atoms with Crippen LogP contribution in [-0.4, -0.2) is 29.0 Å². The molecule has 0 aliphatic heterocycles. The number of hydrogen-bond acceptors (Lipinski definition) is 6. The van der Waals surface area contributed by atoms with Crippen molar-refractivity contribution >= 4 is 17.3 Å². The van der Waals surface area contributed by atoms with Gasteiger partial charge in [0.25, 0.3) is 11.4 Å². The van der Waals surface area contributed by atoms with Crippen LogP contribution < -0.4 is 5.73 Å². The Kier molecular flexibility index (Phi) is 4.89. The number of nitrogens with zero attached hydrogens (tertiary/aromatic N) is 2. The second-order valence-corrected chi connectivity index (χ2v) is 3.46. The normalized spacial score (nSPS) is 9.95. The Labute approximate surface area is 107 Å². The summed E-state index contributed by atoms with van der Waals surface area (Å²) in [7, 11) is 0. The van der Waals surface area contributed by atoms with Gasteiger partial charge in [0.15, 0.2) is 0 Å². The first kappa shape index (κ1) is 14.5. The van der Waals surface area contributed by atoms with Crippen molar-refractivity contribution in [3.8, 4) is 0 Å². The van der Waals surface area contributed by atoms with Crippen LogP contribution in [0.1, 0.15) is 16.8 Å². The lowest BCUT2D eigenvalue weighted by atomic mass is 10.1. The lowest BCUT2D eigenvalue weighted by molar-refractivity contribution is -0.394.